The second kappa shape index (κ2) is 15.1. The van der Waals surface area contributed by atoms with Gasteiger partial charge in [0, 0.05) is 26.9 Å². The minimum absolute atomic E-state index is 0.0346. The van der Waals surface area contributed by atoms with Crippen LogP contribution in [-0.4, -0.2) is 17.7 Å². The zero-order valence-electron chi connectivity index (χ0n) is 24.4. The molecule has 0 bridgehead atoms. The molecule has 0 fully saturated rings. The molecule has 1 atom stereocenters. The summed E-state index contributed by atoms with van der Waals surface area (Å²) in [5.74, 6) is -1.08. The molecule has 8 heteroatoms. The Balaban J connectivity index is 1.33. The van der Waals surface area contributed by atoms with E-state index in [0.717, 1.165) is 21.7 Å². The van der Waals surface area contributed by atoms with E-state index in [1.165, 1.54) is 11.8 Å². The average molecular weight is 632 g/mol. The zero-order valence-corrected chi connectivity index (χ0v) is 25.9. The number of halogens is 1. The Morgan fingerprint density at radius 3 is 1.93 bits per heavy atom. The molecule has 0 saturated heterocycles. The summed E-state index contributed by atoms with van der Waals surface area (Å²) in [6, 6.07) is 40.2. The molecule has 5 aromatic carbocycles. The van der Waals surface area contributed by atoms with Gasteiger partial charge in [-0.25, -0.2) is 0 Å². The predicted octanol–water partition coefficient (Wildman–Crippen LogP) is 8.53. The van der Waals surface area contributed by atoms with Gasteiger partial charge in [-0.05, 0) is 78.7 Å². The molecule has 3 N–H and O–H groups in total. The van der Waals surface area contributed by atoms with Gasteiger partial charge in [0.15, 0.2) is 0 Å². The Bertz CT molecular complexity index is 1810. The lowest BCUT2D eigenvalue weighted by Gasteiger charge is -2.18. The lowest BCUT2D eigenvalue weighted by atomic mass is 10.1. The van der Waals surface area contributed by atoms with Gasteiger partial charge in [0.25, 0.3) is 11.8 Å². The molecule has 6 nitrogen and oxygen atoms in total. The van der Waals surface area contributed by atoms with Gasteiger partial charge in [-0.3, -0.25) is 14.4 Å². The van der Waals surface area contributed by atoms with E-state index in [0.29, 0.717) is 21.8 Å². The first-order valence-corrected chi connectivity index (χ1v) is 15.4. The lowest BCUT2D eigenvalue weighted by Crippen LogP contribution is -2.30. The van der Waals surface area contributed by atoms with E-state index in [2.05, 4.69) is 16.0 Å². The third-order valence-electron chi connectivity index (χ3n) is 6.76. The molecule has 0 aromatic heterocycles. The van der Waals surface area contributed by atoms with Crippen molar-refractivity contribution in [2.45, 2.75) is 17.1 Å². The first kappa shape index (κ1) is 31.3. The number of amides is 3. The van der Waals surface area contributed by atoms with Gasteiger partial charge in [0.1, 0.15) is 10.9 Å². The molecule has 5 rings (SSSR count). The monoisotopic (exact) mass is 631 g/mol. The highest BCUT2D eigenvalue weighted by Gasteiger charge is 2.22. The Labute approximate surface area is 271 Å². The smallest absolute Gasteiger partial charge is 0.272 e. The highest BCUT2D eigenvalue weighted by atomic mass is 35.5. The van der Waals surface area contributed by atoms with Crippen LogP contribution in [0, 0.1) is 6.92 Å². The Morgan fingerprint density at radius 2 is 1.27 bits per heavy atom. The second-order valence-electron chi connectivity index (χ2n) is 10.1. The number of thioether (sulfide) groups is 1. The number of aryl methyl sites for hydroxylation is 1. The summed E-state index contributed by atoms with van der Waals surface area (Å²) in [5, 5.41) is 8.54. The van der Waals surface area contributed by atoms with Crippen LogP contribution in [0.4, 0.5) is 11.4 Å². The third kappa shape index (κ3) is 8.72. The molecule has 0 heterocycles. The van der Waals surface area contributed by atoms with Crippen molar-refractivity contribution in [2.24, 2.45) is 0 Å². The standard InChI is InChI=1S/C37H30ClN3O3S/c1-25-16-18-29(19-17-25)40-37(44)34(26-10-4-2-5-11-26)45-31-22-20-30(21-23-31)39-36(43)33(24-28-14-8-9-15-32(28)38)41-35(42)27-12-6-3-7-13-27/h2-24,34H,1H3,(H,39,43)(H,40,44)(H,41,42)/b33-24-. The molecule has 0 aliphatic rings. The Hall–Kier alpha value is -5.11. The van der Waals surface area contributed by atoms with Crippen LogP contribution in [0.15, 0.2) is 144 Å². The van der Waals surface area contributed by atoms with E-state index in [1.54, 1.807) is 66.7 Å². The molecule has 0 aliphatic carbocycles. The number of anilines is 2. The summed E-state index contributed by atoms with van der Waals surface area (Å²) in [6.45, 7) is 2.00. The first-order chi connectivity index (χ1) is 21.9. The van der Waals surface area contributed by atoms with E-state index in [4.69, 9.17) is 11.6 Å². The molecule has 0 aliphatic heterocycles. The van der Waals surface area contributed by atoms with Crippen molar-refractivity contribution in [2.75, 3.05) is 10.6 Å². The van der Waals surface area contributed by atoms with Crippen LogP contribution >= 0.6 is 23.4 Å². The number of hydrogen-bond donors (Lipinski definition) is 3. The van der Waals surface area contributed by atoms with Crippen LogP contribution in [-0.2, 0) is 9.59 Å². The molecule has 0 spiro atoms. The van der Waals surface area contributed by atoms with Crippen molar-refractivity contribution >= 4 is 58.5 Å². The quantitative estimate of drug-likeness (QED) is 0.106. The fraction of sp³-hybridized carbons (Fsp3) is 0.0541. The second-order valence-corrected chi connectivity index (χ2v) is 11.7. The van der Waals surface area contributed by atoms with E-state index in [9.17, 15) is 14.4 Å². The minimum atomic E-state index is -0.515. The number of rotatable bonds is 10. The minimum Gasteiger partial charge on any atom is -0.325 e. The van der Waals surface area contributed by atoms with Gasteiger partial charge in [-0.2, -0.15) is 0 Å². The summed E-state index contributed by atoms with van der Waals surface area (Å²) in [6.07, 6.45) is 1.54. The average Bonchev–Trinajstić information content (AvgIpc) is 3.06. The van der Waals surface area contributed by atoms with Gasteiger partial charge >= 0.3 is 0 Å². The Morgan fingerprint density at radius 1 is 0.689 bits per heavy atom. The molecule has 0 radical (unpaired) electrons. The topological polar surface area (TPSA) is 87.3 Å². The number of carbonyl (C=O) groups is 3. The molecule has 0 saturated carbocycles. The van der Waals surface area contributed by atoms with Crippen molar-refractivity contribution in [1.82, 2.24) is 5.32 Å². The fourth-order valence-electron chi connectivity index (χ4n) is 4.39. The largest absolute Gasteiger partial charge is 0.325 e. The van der Waals surface area contributed by atoms with Crippen LogP contribution in [0.3, 0.4) is 0 Å². The Kier molecular flexibility index (Phi) is 10.5. The normalized spacial score (nSPS) is 11.7. The van der Waals surface area contributed by atoms with Crippen molar-refractivity contribution in [1.29, 1.82) is 0 Å². The van der Waals surface area contributed by atoms with E-state index in [1.807, 2.05) is 79.7 Å². The van der Waals surface area contributed by atoms with Crippen LogP contribution in [0.5, 0.6) is 0 Å². The summed E-state index contributed by atoms with van der Waals surface area (Å²) in [7, 11) is 0. The maximum absolute atomic E-state index is 13.4. The van der Waals surface area contributed by atoms with Crippen LogP contribution in [0.2, 0.25) is 5.02 Å². The first-order valence-electron chi connectivity index (χ1n) is 14.2. The molecular weight excluding hydrogens is 602 g/mol. The van der Waals surface area contributed by atoms with E-state index >= 15 is 0 Å². The molecule has 5 aromatic rings. The van der Waals surface area contributed by atoms with Crippen molar-refractivity contribution < 1.29 is 14.4 Å². The number of benzene rings is 5. The SMILES string of the molecule is Cc1ccc(NC(=O)C(Sc2ccc(NC(=O)/C(=C/c3ccccc3Cl)NC(=O)c3ccccc3)cc2)c2ccccc2)cc1. The van der Waals surface area contributed by atoms with Gasteiger partial charge in [0.05, 0.1) is 0 Å². The molecule has 45 heavy (non-hydrogen) atoms. The van der Waals surface area contributed by atoms with Crippen LogP contribution in [0.1, 0.15) is 32.3 Å². The summed E-state index contributed by atoms with van der Waals surface area (Å²) < 4.78 is 0. The highest BCUT2D eigenvalue weighted by Crippen LogP contribution is 2.37. The van der Waals surface area contributed by atoms with Crippen LogP contribution < -0.4 is 16.0 Å². The lowest BCUT2D eigenvalue weighted by molar-refractivity contribution is -0.116. The summed E-state index contributed by atoms with van der Waals surface area (Å²) in [4.78, 5) is 40.6. The third-order valence-corrected chi connectivity index (χ3v) is 8.37. The van der Waals surface area contributed by atoms with Crippen molar-refractivity contribution in [3.63, 3.8) is 0 Å². The van der Waals surface area contributed by atoms with Gasteiger partial charge in [-0.1, -0.05) is 96.0 Å². The maximum atomic E-state index is 13.4. The van der Waals surface area contributed by atoms with E-state index < -0.39 is 17.1 Å². The van der Waals surface area contributed by atoms with Crippen molar-refractivity contribution in [3.8, 4) is 0 Å². The summed E-state index contributed by atoms with van der Waals surface area (Å²) in [5.41, 5.74) is 4.25. The number of hydrogen-bond acceptors (Lipinski definition) is 4. The molecule has 1 unspecified atom stereocenters. The van der Waals surface area contributed by atoms with E-state index in [-0.39, 0.29) is 11.6 Å². The number of carbonyl (C=O) groups excluding carboxylic acids is 3. The number of nitrogens with one attached hydrogen (secondary N) is 3. The van der Waals surface area contributed by atoms with Crippen molar-refractivity contribution in [3.05, 3.63) is 166 Å². The van der Waals surface area contributed by atoms with Gasteiger partial charge < -0.3 is 16.0 Å². The van der Waals surface area contributed by atoms with Gasteiger partial charge in [0.2, 0.25) is 5.91 Å². The van der Waals surface area contributed by atoms with Gasteiger partial charge in [-0.15, -0.1) is 11.8 Å². The predicted molar refractivity (Wildman–Crippen MR) is 183 cm³/mol. The molecular formula is C37H30ClN3O3S. The highest BCUT2D eigenvalue weighted by molar-refractivity contribution is 8.00. The zero-order chi connectivity index (χ0) is 31.6. The fourth-order valence-corrected chi connectivity index (χ4v) is 5.60. The summed E-state index contributed by atoms with van der Waals surface area (Å²) >= 11 is 7.75. The maximum Gasteiger partial charge on any atom is 0.272 e. The molecule has 3 amide bonds. The van der Waals surface area contributed by atoms with Crippen LogP contribution in [0.25, 0.3) is 6.08 Å². The molecule has 224 valence electrons.